The molecule has 0 radical (unpaired) electrons. The highest BCUT2D eigenvalue weighted by Gasteiger charge is 2.32. The Hall–Kier alpha value is -7.52. The van der Waals surface area contributed by atoms with Crippen LogP contribution in [0.25, 0.3) is 0 Å². The fraction of sp³-hybridized carbons (Fsp3) is 0.204. The summed E-state index contributed by atoms with van der Waals surface area (Å²) in [5, 5.41) is 7.72. The molecule has 0 saturated heterocycles. The number of nitrogens with two attached hydrogens (primary N) is 1. The van der Waals surface area contributed by atoms with Gasteiger partial charge >= 0.3 is 12.2 Å². The van der Waals surface area contributed by atoms with Crippen molar-refractivity contribution in [2.45, 2.75) is 64.8 Å². The van der Waals surface area contributed by atoms with E-state index in [9.17, 15) is 36.7 Å². The maximum atomic E-state index is 14.7. The molecule has 3 heterocycles. The highest BCUT2D eigenvalue weighted by atomic mass is 35.5. The van der Waals surface area contributed by atoms with Gasteiger partial charge in [0.2, 0.25) is 0 Å². The van der Waals surface area contributed by atoms with Gasteiger partial charge in [0.15, 0.2) is 0 Å². The molecule has 0 fully saturated rings. The van der Waals surface area contributed by atoms with Gasteiger partial charge in [0.05, 0.1) is 38.9 Å². The second kappa shape index (κ2) is 24.5. The van der Waals surface area contributed by atoms with Crippen molar-refractivity contribution in [1.29, 1.82) is 0 Å². The summed E-state index contributed by atoms with van der Waals surface area (Å²) in [4.78, 5) is 69.0. The van der Waals surface area contributed by atoms with Gasteiger partial charge in [0, 0.05) is 76.9 Å². The molecule has 7 aromatic rings. The lowest BCUT2D eigenvalue weighted by Crippen LogP contribution is -2.28. The number of ether oxygens (including phenoxy) is 2. The number of aryl methyl sites for hydroxylation is 2. The summed E-state index contributed by atoms with van der Waals surface area (Å²) in [6, 6.07) is 11.9. The minimum Gasteiger partial charge on any atom is -0.443 e. The van der Waals surface area contributed by atoms with E-state index in [-0.39, 0.29) is 58.7 Å². The Balaban J connectivity index is 0.000000188. The molecule has 0 unspecified atom stereocenters. The van der Waals surface area contributed by atoms with Crippen molar-refractivity contribution < 1.29 is 46.2 Å². The zero-order chi connectivity index (χ0) is 50.8. The first kappa shape index (κ1) is 53.8. The first-order valence-electron chi connectivity index (χ1n) is 21.6. The molecule has 9 rings (SSSR count). The van der Waals surface area contributed by atoms with Crippen LogP contribution in [-0.2, 0) is 35.5 Å². The topological polar surface area (TPSA) is 218 Å². The van der Waals surface area contributed by atoms with E-state index in [4.69, 9.17) is 38.4 Å². The number of benzene rings is 4. The van der Waals surface area contributed by atoms with Gasteiger partial charge in [-0.25, -0.2) is 36.7 Å². The Morgan fingerprint density at radius 1 is 0.667 bits per heavy atom. The average molecular weight is 1050 g/mol. The van der Waals surface area contributed by atoms with Gasteiger partial charge in [-0.15, -0.1) is 12.4 Å². The quantitative estimate of drug-likeness (QED) is 0.0993. The largest absolute Gasteiger partial charge is 0.443 e. The number of imidazole rings is 1. The zero-order valence-electron chi connectivity index (χ0n) is 38.1. The lowest BCUT2D eigenvalue weighted by atomic mass is 10.0. The molecule has 0 bridgehead atoms. The third kappa shape index (κ3) is 13.3. The Kier molecular flexibility index (Phi) is 18.3. The molecule has 3 aromatic heterocycles. The molecule has 2 aliphatic carbocycles. The van der Waals surface area contributed by atoms with Crippen molar-refractivity contribution in [3.63, 3.8) is 0 Å². The van der Waals surface area contributed by atoms with Crippen molar-refractivity contribution in [1.82, 2.24) is 34.8 Å². The number of rotatable bonds is 9. The van der Waals surface area contributed by atoms with Crippen molar-refractivity contribution in [3.8, 4) is 0 Å². The Labute approximate surface area is 425 Å². The molecule has 23 heteroatoms. The fourth-order valence-corrected chi connectivity index (χ4v) is 7.99. The van der Waals surface area contributed by atoms with Gasteiger partial charge in [0.25, 0.3) is 11.8 Å². The Bertz CT molecular complexity index is 3120. The third-order valence-corrected chi connectivity index (χ3v) is 11.8. The predicted molar refractivity (Wildman–Crippen MR) is 260 cm³/mol. The maximum absolute atomic E-state index is 14.7. The van der Waals surface area contributed by atoms with Crippen LogP contribution < -0.4 is 21.7 Å². The number of anilines is 2. The smallest absolute Gasteiger partial charge is 0.419 e. The number of halogens is 7. The summed E-state index contributed by atoms with van der Waals surface area (Å²) in [7, 11) is 0. The summed E-state index contributed by atoms with van der Waals surface area (Å²) in [6.45, 7) is 3.60. The number of nitrogens with zero attached hydrogens (tertiary/aromatic N) is 6. The molecule has 72 heavy (non-hydrogen) atoms. The van der Waals surface area contributed by atoms with Crippen LogP contribution in [0.3, 0.4) is 0 Å². The second-order valence-electron chi connectivity index (χ2n) is 15.8. The summed E-state index contributed by atoms with van der Waals surface area (Å²) >= 11 is 11.4. The molecular weight excluding hydrogens is 1010 g/mol. The Morgan fingerprint density at radius 2 is 1.15 bits per heavy atom. The van der Waals surface area contributed by atoms with Crippen LogP contribution in [0.5, 0.6) is 0 Å². The van der Waals surface area contributed by atoms with Crippen molar-refractivity contribution >= 4 is 71.0 Å². The van der Waals surface area contributed by atoms with Gasteiger partial charge in [0.1, 0.15) is 42.8 Å². The second-order valence-corrected chi connectivity index (χ2v) is 16.6. The molecule has 2 aliphatic rings. The highest BCUT2D eigenvalue weighted by molar-refractivity contribution is 6.31. The number of nitrogens with one attached hydrogen (secondary N) is 3. The molecule has 0 saturated carbocycles. The summed E-state index contributed by atoms with van der Waals surface area (Å²) < 4.78 is 66.5. The van der Waals surface area contributed by atoms with Crippen LogP contribution in [0.1, 0.15) is 90.7 Å². The third-order valence-electron chi connectivity index (χ3n) is 11.2. The standard InChI is InChI=1S/C23H19ClF2N4O3.C16H13ClF2N2O.C10H10N4O2.ClH/c1-12-20(28-9-8-27-12)11-33-23(32)30-19-7-4-14-15(3-6-18(26)21(14)19)22(31)29-13-2-5-17(25)16(24)10-13;17-11-7-8(1-4-12(11)18)21-16(22)10-2-5-13(19)15-9(10)3-6-14(15)20;1-8-9(13-3-2-12-8)6-16-10(15)14-5-4-11-7-14;/h2-3,5-6,8-10,19H,4,7,11H2,1H3,(H,29,31)(H,30,32);1-2,4-5,7,14H,3,6,20H2,(H,21,22);2-5,7H,6H2,1H3;1H/t19-;14-;;/m00../s1. The number of fused-ring (bicyclic) bond motifs is 2. The first-order chi connectivity index (χ1) is 34.1. The molecular formula is C49H43Cl3F4N10O6. The van der Waals surface area contributed by atoms with Crippen LogP contribution in [-0.4, -0.2) is 53.5 Å². The molecule has 374 valence electrons. The minimum atomic E-state index is -0.729. The molecule has 0 aliphatic heterocycles. The molecule has 5 N–H and O–H groups in total. The molecule has 2 atom stereocenters. The Morgan fingerprint density at radius 3 is 1.67 bits per heavy atom. The number of alkyl carbamates (subject to hydrolysis) is 1. The van der Waals surface area contributed by atoms with Gasteiger partial charge in [-0.3, -0.25) is 29.5 Å². The first-order valence-corrected chi connectivity index (χ1v) is 22.4. The molecule has 16 nitrogen and oxygen atoms in total. The van der Waals surface area contributed by atoms with Gasteiger partial charge in [-0.05, 0) is 111 Å². The van der Waals surface area contributed by atoms with E-state index in [1.807, 2.05) is 6.92 Å². The van der Waals surface area contributed by atoms with Gasteiger partial charge < -0.3 is 31.2 Å². The lowest BCUT2D eigenvalue weighted by molar-refractivity contribution is 0.101. The SMILES string of the molecule is Cc1nccnc1COC(=O)N[C@H]1CCc2c(C(=O)Nc3ccc(F)c(Cl)c3)ccc(F)c21.Cc1nccnc1COC(=O)n1ccnc1.Cl.N[C@H]1CCc2c(C(=O)Nc3ccc(F)c(Cl)c3)ccc(F)c21. The van der Waals surface area contributed by atoms with Crippen LogP contribution in [0.4, 0.5) is 38.5 Å². The summed E-state index contributed by atoms with van der Waals surface area (Å²) in [6.07, 6.45) is 11.3. The van der Waals surface area contributed by atoms with E-state index in [1.54, 1.807) is 19.3 Å². The van der Waals surface area contributed by atoms with Crippen LogP contribution in [0.15, 0.2) is 104 Å². The van der Waals surface area contributed by atoms with E-state index in [2.05, 4.69) is 40.9 Å². The maximum Gasteiger partial charge on any atom is 0.419 e. The lowest BCUT2D eigenvalue weighted by Gasteiger charge is -2.16. The van der Waals surface area contributed by atoms with E-state index in [1.165, 1.54) is 90.3 Å². The van der Waals surface area contributed by atoms with E-state index in [0.717, 1.165) is 11.8 Å². The number of hydrogen-bond acceptors (Lipinski definition) is 12. The van der Waals surface area contributed by atoms with Crippen LogP contribution in [0, 0.1) is 37.1 Å². The van der Waals surface area contributed by atoms with Crippen LogP contribution >= 0.6 is 35.6 Å². The van der Waals surface area contributed by atoms with Crippen molar-refractivity contribution in [2.24, 2.45) is 5.73 Å². The molecule has 0 spiro atoms. The van der Waals surface area contributed by atoms with Gasteiger partial charge in [-0.1, -0.05) is 23.2 Å². The highest BCUT2D eigenvalue weighted by Crippen LogP contribution is 2.37. The fourth-order valence-electron chi connectivity index (χ4n) is 7.63. The number of amides is 3. The molecule has 4 aromatic carbocycles. The normalized spacial score (nSPS) is 13.9. The predicted octanol–water partition coefficient (Wildman–Crippen LogP) is 10.3. The minimum absolute atomic E-state index is 0. The molecule has 3 amide bonds. The van der Waals surface area contributed by atoms with Crippen molar-refractivity contribution in [3.05, 3.63) is 194 Å². The summed E-state index contributed by atoms with van der Waals surface area (Å²) in [5.74, 6) is -2.97. The average Bonchev–Trinajstić information content (AvgIpc) is 4.14. The number of hydrogen-bond donors (Lipinski definition) is 4. The van der Waals surface area contributed by atoms with E-state index < -0.39 is 47.5 Å². The van der Waals surface area contributed by atoms with Crippen molar-refractivity contribution in [2.75, 3.05) is 10.6 Å². The zero-order valence-corrected chi connectivity index (χ0v) is 40.4. The number of aromatic nitrogens is 6. The van der Waals surface area contributed by atoms with E-state index >= 15 is 0 Å². The summed E-state index contributed by atoms with van der Waals surface area (Å²) in [5.41, 5.74) is 11.5. The monoisotopic (exact) mass is 1050 g/mol. The van der Waals surface area contributed by atoms with Crippen LogP contribution in [0.2, 0.25) is 10.0 Å². The number of carbonyl (C=O) groups is 4. The van der Waals surface area contributed by atoms with Gasteiger partial charge in [-0.2, -0.15) is 0 Å². The number of carbonyl (C=O) groups excluding carboxylic acids is 4. The van der Waals surface area contributed by atoms with E-state index in [0.29, 0.717) is 76.4 Å².